The summed E-state index contributed by atoms with van der Waals surface area (Å²) >= 11 is 5.47. The maximum Gasteiger partial charge on any atom is 0.0662 e. The van der Waals surface area contributed by atoms with Crippen molar-refractivity contribution in [3.8, 4) is 0 Å². The van der Waals surface area contributed by atoms with Gasteiger partial charge in [0.05, 0.1) is 12.7 Å². The minimum atomic E-state index is 0.416. The van der Waals surface area contributed by atoms with E-state index in [1.54, 1.807) is 0 Å². The summed E-state index contributed by atoms with van der Waals surface area (Å²) in [4.78, 5) is 0. The molecular weight excluding hydrogens is 244 g/mol. The summed E-state index contributed by atoms with van der Waals surface area (Å²) in [5.74, 6) is 0.717. The van der Waals surface area contributed by atoms with Gasteiger partial charge in [0, 0.05) is 5.54 Å². The van der Waals surface area contributed by atoms with Gasteiger partial charge >= 0.3 is 0 Å². The molecule has 0 aromatic heterocycles. The van der Waals surface area contributed by atoms with Crippen molar-refractivity contribution >= 4 is 11.6 Å². The zero-order chi connectivity index (χ0) is 12.8. The number of rotatable bonds is 4. The summed E-state index contributed by atoms with van der Waals surface area (Å²) in [6, 6.07) is 8.97. The Bertz CT molecular complexity index is 375. The fraction of sp³-hybridized carbons (Fsp3) is 0.500. The van der Waals surface area contributed by atoms with Crippen LogP contribution in [0.5, 0.6) is 0 Å². The summed E-state index contributed by atoms with van der Waals surface area (Å²) in [6.07, 6.45) is 7.06. The summed E-state index contributed by atoms with van der Waals surface area (Å²) in [6.45, 7) is 2.78. The van der Waals surface area contributed by atoms with Crippen molar-refractivity contribution in [2.45, 2.75) is 44.6 Å². The van der Waals surface area contributed by atoms with Crippen LogP contribution in [0.3, 0.4) is 0 Å². The lowest BCUT2D eigenvalue weighted by Crippen LogP contribution is -2.20. The summed E-state index contributed by atoms with van der Waals surface area (Å²) in [5.41, 5.74) is 4.35. The highest BCUT2D eigenvalue weighted by molar-refractivity contribution is 6.25. The van der Waals surface area contributed by atoms with Crippen molar-refractivity contribution in [2.75, 3.05) is 6.61 Å². The smallest absolute Gasteiger partial charge is 0.0662 e. The van der Waals surface area contributed by atoms with Gasteiger partial charge in [-0.15, -0.1) is 0 Å². The van der Waals surface area contributed by atoms with Gasteiger partial charge in [0.1, 0.15) is 0 Å². The Hall–Kier alpha value is -0.790. The van der Waals surface area contributed by atoms with Gasteiger partial charge in [0.15, 0.2) is 0 Å². The summed E-state index contributed by atoms with van der Waals surface area (Å²) in [7, 11) is 0. The van der Waals surface area contributed by atoms with Gasteiger partial charge in [0.2, 0.25) is 0 Å². The van der Waals surface area contributed by atoms with E-state index in [4.69, 9.17) is 16.3 Å². The highest BCUT2D eigenvalue weighted by atomic mass is 35.5. The molecule has 2 heteroatoms. The van der Waals surface area contributed by atoms with Gasteiger partial charge in [-0.05, 0) is 50.2 Å². The molecule has 98 valence electrons. The van der Waals surface area contributed by atoms with Crippen LogP contribution in [0.4, 0.5) is 0 Å². The first kappa shape index (κ1) is 13.6. The fourth-order valence-electron chi connectivity index (χ4n) is 2.63. The molecule has 0 bridgehead atoms. The molecule has 2 rings (SSSR count). The fourth-order valence-corrected chi connectivity index (χ4v) is 2.70. The van der Waals surface area contributed by atoms with Crippen LogP contribution in [0.15, 0.2) is 35.9 Å². The third-order valence-corrected chi connectivity index (χ3v) is 3.92. The molecule has 0 amide bonds. The van der Waals surface area contributed by atoms with Crippen LogP contribution >= 0.6 is 11.6 Å². The Morgan fingerprint density at radius 1 is 1.17 bits per heavy atom. The molecule has 18 heavy (non-hydrogen) atoms. The van der Waals surface area contributed by atoms with E-state index in [2.05, 4.69) is 31.2 Å². The first-order valence-electron chi connectivity index (χ1n) is 6.73. The zero-order valence-corrected chi connectivity index (χ0v) is 11.7. The van der Waals surface area contributed by atoms with E-state index in [9.17, 15) is 0 Å². The Morgan fingerprint density at radius 2 is 1.83 bits per heavy atom. The Labute approximate surface area is 115 Å². The van der Waals surface area contributed by atoms with Gasteiger partial charge in [-0.25, -0.2) is 0 Å². The summed E-state index contributed by atoms with van der Waals surface area (Å²) < 4.78 is 5.76. The quantitative estimate of drug-likeness (QED) is 0.760. The molecule has 0 heterocycles. The molecule has 0 saturated heterocycles. The van der Waals surface area contributed by atoms with E-state index in [-0.39, 0.29) is 0 Å². The second-order valence-electron chi connectivity index (χ2n) is 5.08. The maximum absolute atomic E-state index is 5.76. The molecule has 1 aromatic rings. The minimum Gasteiger partial charge on any atom is -0.374 e. The topological polar surface area (TPSA) is 9.23 Å². The van der Waals surface area contributed by atoms with Crippen LogP contribution in [0, 0.1) is 6.92 Å². The van der Waals surface area contributed by atoms with Gasteiger partial charge in [0.25, 0.3) is 0 Å². The molecule has 0 atom stereocenters. The predicted molar refractivity (Wildman–Crippen MR) is 77.1 cm³/mol. The van der Waals surface area contributed by atoms with Crippen molar-refractivity contribution in [1.29, 1.82) is 0 Å². The van der Waals surface area contributed by atoms with Crippen LogP contribution in [0.1, 0.15) is 42.7 Å². The number of aryl methyl sites for hydroxylation is 1. The molecule has 1 aliphatic rings. The lowest BCUT2D eigenvalue weighted by atomic mass is 9.82. The first-order valence-corrected chi connectivity index (χ1v) is 7.16. The van der Waals surface area contributed by atoms with E-state index < -0.39 is 0 Å². The molecule has 1 aromatic carbocycles. The number of ether oxygens (including phenoxy) is 1. The molecule has 1 aliphatic carbocycles. The number of hydrogen-bond acceptors (Lipinski definition) is 1. The van der Waals surface area contributed by atoms with Crippen LogP contribution < -0.4 is 0 Å². The molecule has 1 nitrogen and oxygen atoms in total. The van der Waals surface area contributed by atoms with Crippen molar-refractivity contribution in [1.82, 2.24) is 0 Å². The summed E-state index contributed by atoms with van der Waals surface area (Å²) in [5, 5.41) is 0. The lowest BCUT2D eigenvalue weighted by Gasteiger charge is -2.28. The van der Waals surface area contributed by atoms with Crippen LogP contribution in [0.25, 0.3) is 0 Å². The molecule has 0 radical (unpaired) electrons. The average Bonchev–Trinajstić information content (AvgIpc) is 2.41. The van der Waals surface area contributed by atoms with E-state index in [1.165, 1.54) is 29.5 Å². The van der Waals surface area contributed by atoms with Gasteiger partial charge in [-0.1, -0.05) is 41.4 Å². The molecule has 0 aliphatic heterocycles. The predicted octanol–water partition coefficient (Wildman–Crippen LogP) is 4.79. The van der Waals surface area contributed by atoms with Crippen LogP contribution in [0.2, 0.25) is 0 Å². The highest BCUT2D eigenvalue weighted by Gasteiger charge is 2.22. The van der Waals surface area contributed by atoms with Crippen LogP contribution in [-0.2, 0) is 4.74 Å². The maximum atomic E-state index is 5.76. The Kier molecular flexibility index (Phi) is 5.27. The second-order valence-corrected chi connectivity index (χ2v) is 5.33. The monoisotopic (exact) mass is 264 g/mol. The standard InChI is InChI=1S/C16H21ClO/c1-13-3-5-14(6-4-13)15-7-9-16(10-8-15)18-12-2-11-17/h2-6,11,15-16H,7-10,12H2,1H3/b11-2+. The molecular formula is C16H21ClO. The average molecular weight is 265 g/mol. The van der Waals surface area contributed by atoms with Gasteiger partial charge in [-0.2, -0.15) is 0 Å². The lowest BCUT2D eigenvalue weighted by molar-refractivity contribution is 0.0423. The third-order valence-electron chi connectivity index (χ3n) is 3.74. The van der Waals surface area contributed by atoms with E-state index in [0.717, 1.165) is 12.8 Å². The number of hydrogen-bond donors (Lipinski definition) is 0. The molecule has 0 N–H and O–H groups in total. The minimum absolute atomic E-state index is 0.416. The van der Waals surface area contributed by atoms with E-state index in [1.807, 2.05) is 6.08 Å². The van der Waals surface area contributed by atoms with Crippen LogP contribution in [-0.4, -0.2) is 12.7 Å². The number of halogens is 1. The van der Waals surface area contributed by atoms with Gasteiger partial charge in [-0.3, -0.25) is 0 Å². The SMILES string of the molecule is Cc1ccc(C2CCC(OC/C=C/Cl)CC2)cc1. The number of benzene rings is 1. The van der Waals surface area contributed by atoms with Crippen molar-refractivity contribution < 1.29 is 4.74 Å². The van der Waals surface area contributed by atoms with Crippen molar-refractivity contribution in [3.63, 3.8) is 0 Å². The molecule has 1 saturated carbocycles. The van der Waals surface area contributed by atoms with Crippen molar-refractivity contribution in [2.24, 2.45) is 0 Å². The van der Waals surface area contributed by atoms with E-state index in [0.29, 0.717) is 18.6 Å². The third kappa shape index (κ3) is 3.86. The Morgan fingerprint density at radius 3 is 2.44 bits per heavy atom. The first-order chi connectivity index (χ1) is 8.79. The molecule has 1 fully saturated rings. The normalized spacial score (nSPS) is 24.6. The molecule has 0 unspecified atom stereocenters. The zero-order valence-electron chi connectivity index (χ0n) is 10.9. The largest absolute Gasteiger partial charge is 0.374 e. The second kappa shape index (κ2) is 6.96. The Balaban J connectivity index is 1.81. The molecule has 0 spiro atoms. The highest BCUT2D eigenvalue weighted by Crippen LogP contribution is 2.34. The van der Waals surface area contributed by atoms with Crippen molar-refractivity contribution in [3.05, 3.63) is 47.0 Å². The van der Waals surface area contributed by atoms with Gasteiger partial charge < -0.3 is 4.74 Å². The van der Waals surface area contributed by atoms with E-state index >= 15 is 0 Å².